The Kier molecular flexibility index (Phi) is 3.78. The average molecular weight is 370 g/mol. The summed E-state index contributed by atoms with van der Waals surface area (Å²) in [6, 6.07) is 10.4. The van der Waals surface area contributed by atoms with Crippen LogP contribution in [0.3, 0.4) is 0 Å². The maximum absolute atomic E-state index is 12.8. The third kappa shape index (κ3) is 2.79. The molecule has 0 fully saturated rings. The molecule has 5 nitrogen and oxygen atoms in total. The molecule has 7 heteroatoms. The van der Waals surface area contributed by atoms with E-state index in [9.17, 15) is 9.59 Å². The van der Waals surface area contributed by atoms with Crippen molar-refractivity contribution in [2.75, 3.05) is 0 Å². The first kappa shape index (κ1) is 15.8. The monoisotopic (exact) mass is 369 g/mol. The Morgan fingerprint density at radius 1 is 1.20 bits per heavy atom. The Hall–Kier alpha value is -2.70. The van der Waals surface area contributed by atoms with Crippen molar-refractivity contribution in [2.45, 2.75) is 6.54 Å². The fourth-order valence-corrected chi connectivity index (χ4v) is 3.89. The molecule has 4 aromatic rings. The number of carbonyl (C=O) groups is 1. The van der Waals surface area contributed by atoms with Crippen LogP contribution in [0.1, 0.15) is 15.9 Å². The Balaban J connectivity index is 1.83. The first-order valence-corrected chi connectivity index (χ1v) is 8.73. The van der Waals surface area contributed by atoms with Crippen LogP contribution in [0.2, 0.25) is 5.02 Å². The predicted octanol–water partition coefficient (Wildman–Crippen LogP) is 3.41. The zero-order valence-electron chi connectivity index (χ0n) is 12.9. The largest absolute Gasteiger partial charge is 0.366 e. The van der Waals surface area contributed by atoms with Crippen molar-refractivity contribution in [3.05, 3.63) is 74.6 Å². The second-order valence-electron chi connectivity index (χ2n) is 5.68. The molecule has 124 valence electrons. The molecule has 2 heterocycles. The van der Waals surface area contributed by atoms with Crippen LogP contribution in [0.4, 0.5) is 0 Å². The number of aromatic nitrogens is 2. The summed E-state index contributed by atoms with van der Waals surface area (Å²) in [7, 11) is 0. The molecule has 0 unspecified atom stereocenters. The van der Waals surface area contributed by atoms with Gasteiger partial charge in [-0.1, -0.05) is 11.6 Å². The standard InChI is InChI=1S/C18H12ClN3O2S/c19-12-2-4-16-13(6-12)11(8-25-16)7-22-9-21-15-3-1-10(17(20)23)5-14(15)18(22)24/h1-6,8-9H,7H2,(H2,20,23). The van der Waals surface area contributed by atoms with Crippen molar-refractivity contribution in [3.63, 3.8) is 0 Å². The van der Waals surface area contributed by atoms with Gasteiger partial charge in [0.2, 0.25) is 5.91 Å². The lowest BCUT2D eigenvalue weighted by molar-refractivity contribution is 0.100. The van der Waals surface area contributed by atoms with Crippen LogP contribution in [0, 0.1) is 0 Å². The van der Waals surface area contributed by atoms with Gasteiger partial charge in [0, 0.05) is 15.3 Å². The SMILES string of the molecule is NC(=O)c1ccc2ncn(Cc3csc4ccc(Cl)cc34)c(=O)c2c1. The molecule has 2 N–H and O–H groups in total. The van der Waals surface area contributed by atoms with E-state index in [0.717, 1.165) is 15.6 Å². The number of hydrogen-bond donors (Lipinski definition) is 1. The van der Waals surface area contributed by atoms with E-state index in [4.69, 9.17) is 17.3 Å². The number of carbonyl (C=O) groups excluding carboxylic acids is 1. The van der Waals surface area contributed by atoms with Crippen molar-refractivity contribution in [2.24, 2.45) is 5.73 Å². The summed E-state index contributed by atoms with van der Waals surface area (Å²) >= 11 is 7.69. The van der Waals surface area contributed by atoms with E-state index >= 15 is 0 Å². The predicted molar refractivity (Wildman–Crippen MR) is 100 cm³/mol. The number of rotatable bonds is 3. The summed E-state index contributed by atoms with van der Waals surface area (Å²) in [5, 5.41) is 4.06. The molecule has 0 aliphatic rings. The molecule has 0 saturated carbocycles. The van der Waals surface area contributed by atoms with E-state index in [0.29, 0.717) is 22.5 Å². The maximum Gasteiger partial charge on any atom is 0.261 e. The smallest absolute Gasteiger partial charge is 0.261 e. The first-order valence-electron chi connectivity index (χ1n) is 7.47. The van der Waals surface area contributed by atoms with Crippen LogP contribution in [0.5, 0.6) is 0 Å². The summed E-state index contributed by atoms with van der Waals surface area (Å²) < 4.78 is 2.63. The Labute approximate surface area is 151 Å². The van der Waals surface area contributed by atoms with Crippen LogP contribution in [-0.2, 0) is 6.54 Å². The van der Waals surface area contributed by atoms with E-state index in [-0.39, 0.29) is 11.1 Å². The van der Waals surface area contributed by atoms with E-state index in [1.807, 2.05) is 23.6 Å². The minimum absolute atomic E-state index is 0.213. The van der Waals surface area contributed by atoms with Gasteiger partial charge >= 0.3 is 0 Å². The van der Waals surface area contributed by atoms with E-state index < -0.39 is 5.91 Å². The Morgan fingerprint density at radius 3 is 2.84 bits per heavy atom. The fourth-order valence-electron chi connectivity index (χ4n) is 2.78. The highest BCUT2D eigenvalue weighted by Gasteiger charge is 2.10. The molecule has 0 radical (unpaired) electrons. The first-order chi connectivity index (χ1) is 12.0. The number of benzene rings is 2. The zero-order chi connectivity index (χ0) is 17.6. The van der Waals surface area contributed by atoms with Gasteiger partial charge in [0.25, 0.3) is 5.56 Å². The van der Waals surface area contributed by atoms with Gasteiger partial charge < -0.3 is 5.73 Å². The maximum atomic E-state index is 12.8. The molecule has 2 aromatic heterocycles. The summed E-state index contributed by atoms with van der Waals surface area (Å²) in [4.78, 5) is 28.4. The zero-order valence-corrected chi connectivity index (χ0v) is 14.5. The quantitative estimate of drug-likeness (QED) is 0.601. The van der Waals surface area contributed by atoms with E-state index in [1.54, 1.807) is 23.5 Å². The second-order valence-corrected chi connectivity index (χ2v) is 7.02. The fraction of sp³-hybridized carbons (Fsp3) is 0.0556. The van der Waals surface area contributed by atoms with Gasteiger partial charge in [0.15, 0.2) is 0 Å². The van der Waals surface area contributed by atoms with Gasteiger partial charge in [-0.25, -0.2) is 4.98 Å². The molecule has 25 heavy (non-hydrogen) atoms. The molecule has 0 saturated heterocycles. The van der Waals surface area contributed by atoms with E-state index in [1.165, 1.54) is 17.0 Å². The summed E-state index contributed by atoms with van der Waals surface area (Å²) in [6.45, 7) is 0.378. The lowest BCUT2D eigenvalue weighted by Crippen LogP contribution is -2.21. The molecule has 1 amide bonds. The Morgan fingerprint density at radius 2 is 2.04 bits per heavy atom. The number of thiophene rings is 1. The number of halogens is 1. The van der Waals surface area contributed by atoms with Gasteiger partial charge in [-0.3, -0.25) is 14.2 Å². The highest BCUT2D eigenvalue weighted by molar-refractivity contribution is 7.17. The molecule has 4 rings (SSSR count). The molecular formula is C18H12ClN3O2S. The normalized spacial score (nSPS) is 11.2. The molecular weight excluding hydrogens is 358 g/mol. The number of nitrogens with zero attached hydrogens (tertiary/aromatic N) is 2. The third-order valence-electron chi connectivity index (χ3n) is 4.06. The summed E-state index contributed by atoms with van der Waals surface area (Å²) in [5.41, 5.74) is 6.90. The summed E-state index contributed by atoms with van der Waals surface area (Å²) in [5.74, 6) is -0.574. The molecule has 0 bridgehead atoms. The lowest BCUT2D eigenvalue weighted by Gasteiger charge is -2.07. The molecule has 0 aliphatic heterocycles. The van der Waals surface area contributed by atoms with Gasteiger partial charge in [-0.05, 0) is 52.7 Å². The second kappa shape index (κ2) is 5.98. The molecule has 0 aliphatic carbocycles. The minimum Gasteiger partial charge on any atom is -0.366 e. The van der Waals surface area contributed by atoms with Gasteiger partial charge in [-0.2, -0.15) is 0 Å². The van der Waals surface area contributed by atoms with Crippen molar-refractivity contribution in [3.8, 4) is 0 Å². The third-order valence-corrected chi connectivity index (χ3v) is 5.31. The highest BCUT2D eigenvalue weighted by Crippen LogP contribution is 2.29. The van der Waals surface area contributed by atoms with Crippen LogP contribution in [0.25, 0.3) is 21.0 Å². The number of fused-ring (bicyclic) bond motifs is 2. The average Bonchev–Trinajstić information content (AvgIpc) is 2.99. The topological polar surface area (TPSA) is 78.0 Å². The van der Waals surface area contributed by atoms with Gasteiger partial charge in [-0.15, -0.1) is 11.3 Å². The number of primary amides is 1. The van der Waals surface area contributed by atoms with Crippen molar-refractivity contribution < 1.29 is 4.79 Å². The van der Waals surface area contributed by atoms with Crippen LogP contribution in [0.15, 0.2) is 52.9 Å². The van der Waals surface area contributed by atoms with Crippen LogP contribution in [-0.4, -0.2) is 15.5 Å². The van der Waals surface area contributed by atoms with Crippen molar-refractivity contribution in [1.82, 2.24) is 9.55 Å². The number of nitrogens with two attached hydrogens (primary N) is 1. The van der Waals surface area contributed by atoms with Crippen LogP contribution < -0.4 is 11.3 Å². The van der Waals surface area contributed by atoms with Gasteiger partial charge in [0.05, 0.1) is 23.8 Å². The molecule has 0 spiro atoms. The number of amides is 1. The van der Waals surface area contributed by atoms with Crippen molar-refractivity contribution in [1.29, 1.82) is 0 Å². The van der Waals surface area contributed by atoms with Crippen LogP contribution >= 0.6 is 22.9 Å². The summed E-state index contributed by atoms with van der Waals surface area (Å²) in [6.07, 6.45) is 1.52. The number of hydrogen-bond acceptors (Lipinski definition) is 4. The minimum atomic E-state index is -0.574. The lowest BCUT2D eigenvalue weighted by atomic mass is 10.1. The highest BCUT2D eigenvalue weighted by atomic mass is 35.5. The van der Waals surface area contributed by atoms with Gasteiger partial charge in [0.1, 0.15) is 0 Å². The molecule has 0 atom stereocenters. The Bertz CT molecular complexity index is 1200. The molecule has 2 aromatic carbocycles. The van der Waals surface area contributed by atoms with Crippen molar-refractivity contribution >= 4 is 49.8 Å². The van der Waals surface area contributed by atoms with E-state index in [2.05, 4.69) is 4.98 Å².